The summed E-state index contributed by atoms with van der Waals surface area (Å²) in [7, 11) is 0. The van der Waals surface area contributed by atoms with Crippen LogP contribution in [0.1, 0.15) is 70.3 Å². The van der Waals surface area contributed by atoms with Crippen LogP contribution in [0.25, 0.3) is 0 Å². The molecule has 7 rings (SSSR count). The summed E-state index contributed by atoms with van der Waals surface area (Å²) in [5.41, 5.74) is -1.91. The van der Waals surface area contributed by atoms with Crippen LogP contribution in [0, 0.1) is 11.8 Å². The number of phenols is 1. The number of carbonyl (C=O) groups is 2. The van der Waals surface area contributed by atoms with E-state index in [1.54, 1.807) is 6.08 Å². The lowest BCUT2D eigenvalue weighted by Crippen LogP contribution is -2.72. The summed E-state index contributed by atoms with van der Waals surface area (Å²) < 4.78 is 19.6. The van der Waals surface area contributed by atoms with Crippen LogP contribution < -0.4 is 9.47 Å². The number of aromatic hydroxyl groups is 1. The minimum absolute atomic E-state index is 0.0580. The van der Waals surface area contributed by atoms with Crippen LogP contribution in [0.4, 0.5) is 0 Å². The molecule has 3 aliphatic carbocycles. The average Bonchev–Trinajstić information content (AvgIpc) is 3.11. The fourth-order valence-corrected chi connectivity index (χ4v) is 7.35. The van der Waals surface area contributed by atoms with Gasteiger partial charge in [0.05, 0.1) is 12.2 Å². The van der Waals surface area contributed by atoms with Crippen LogP contribution in [0.15, 0.2) is 29.4 Å². The maximum atomic E-state index is 14.2. The van der Waals surface area contributed by atoms with Crippen molar-refractivity contribution in [2.75, 3.05) is 6.61 Å². The number of phenolic OH excluding ortho intramolecular Hbond substituents is 1. The van der Waals surface area contributed by atoms with E-state index in [1.807, 2.05) is 47.6 Å². The molecule has 0 aromatic heterocycles. The summed E-state index contributed by atoms with van der Waals surface area (Å²) in [6.07, 6.45) is 4.00. The Morgan fingerprint density at radius 2 is 1.91 bits per heavy atom. The number of carbonyl (C=O) groups excluding carboxylic acids is 2. The van der Waals surface area contributed by atoms with Gasteiger partial charge in [0.2, 0.25) is 0 Å². The van der Waals surface area contributed by atoms with Crippen molar-refractivity contribution in [1.29, 1.82) is 0 Å². The lowest BCUT2D eigenvalue weighted by Gasteiger charge is -2.56. The van der Waals surface area contributed by atoms with Crippen LogP contribution in [0.3, 0.4) is 0 Å². The number of rotatable bonds is 3. The lowest BCUT2D eigenvalue weighted by atomic mass is 9.51. The predicted octanol–water partition coefficient (Wildman–Crippen LogP) is 3.79. The van der Waals surface area contributed by atoms with Gasteiger partial charge in [-0.15, -0.1) is 0 Å². The number of Topliss-reactive ketones (excluding diaryl/α,β-unsaturated/α-hetero) is 2. The van der Waals surface area contributed by atoms with Crippen molar-refractivity contribution in [2.24, 2.45) is 11.8 Å². The second-order valence-electron chi connectivity index (χ2n) is 12.0. The van der Waals surface area contributed by atoms with E-state index >= 15 is 0 Å². The fourth-order valence-electron chi connectivity index (χ4n) is 7.35. The Morgan fingerprint density at radius 3 is 2.57 bits per heavy atom. The Labute approximate surface area is 204 Å². The molecule has 0 radical (unpaired) electrons. The molecule has 0 amide bonds. The van der Waals surface area contributed by atoms with Gasteiger partial charge >= 0.3 is 0 Å². The highest BCUT2D eigenvalue weighted by Gasteiger charge is 2.81. The average molecular weight is 481 g/mol. The van der Waals surface area contributed by atoms with E-state index in [1.165, 1.54) is 6.07 Å². The SMILES string of the molecule is CC(C)=CC[C@@]12OC(C)(C)[C@H]3C[C@H](C=C4C(=O)c5c(O)cc6c(c5O[C@]431)C(C)(C)[C@H](CO)O6)C2=O. The molecular weight excluding hydrogens is 448 g/mol. The van der Waals surface area contributed by atoms with Gasteiger partial charge in [0, 0.05) is 40.9 Å². The number of fused-ring (bicyclic) bond motifs is 3. The molecule has 4 bridgehead atoms. The molecule has 0 unspecified atom stereocenters. The van der Waals surface area contributed by atoms with E-state index in [2.05, 4.69) is 0 Å². The molecule has 2 fully saturated rings. The maximum Gasteiger partial charge on any atom is 0.200 e. The number of benzene rings is 1. The molecule has 3 heterocycles. The van der Waals surface area contributed by atoms with Crippen molar-refractivity contribution in [3.05, 3.63) is 40.5 Å². The summed E-state index contributed by atoms with van der Waals surface area (Å²) in [5, 5.41) is 20.9. The molecule has 1 saturated heterocycles. The molecule has 1 spiro atoms. The topological polar surface area (TPSA) is 102 Å². The highest BCUT2D eigenvalue weighted by Crippen LogP contribution is 2.69. The number of ketones is 2. The highest BCUT2D eigenvalue weighted by molar-refractivity contribution is 6.18. The van der Waals surface area contributed by atoms with Crippen molar-refractivity contribution in [3.8, 4) is 17.2 Å². The van der Waals surface area contributed by atoms with Gasteiger partial charge in [0.1, 0.15) is 28.9 Å². The number of ether oxygens (including phenoxy) is 3. The van der Waals surface area contributed by atoms with E-state index in [0.717, 1.165) is 5.57 Å². The van der Waals surface area contributed by atoms with E-state index in [0.29, 0.717) is 29.7 Å². The maximum absolute atomic E-state index is 14.2. The van der Waals surface area contributed by atoms with Crippen molar-refractivity contribution in [1.82, 2.24) is 0 Å². The number of allylic oxidation sites excluding steroid dienone is 2. The summed E-state index contributed by atoms with van der Waals surface area (Å²) in [6.45, 7) is 11.5. The molecule has 1 saturated carbocycles. The van der Waals surface area contributed by atoms with Gasteiger partial charge in [-0.3, -0.25) is 9.59 Å². The molecule has 186 valence electrons. The lowest BCUT2D eigenvalue weighted by molar-refractivity contribution is -0.171. The summed E-state index contributed by atoms with van der Waals surface area (Å²) >= 11 is 0. The van der Waals surface area contributed by atoms with Crippen molar-refractivity contribution >= 4 is 11.6 Å². The molecule has 6 aliphatic rings. The van der Waals surface area contributed by atoms with Crippen LogP contribution in [0.2, 0.25) is 0 Å². The molecule has 1 aromatic rings. The van der Waals surface area contributed by atoms with Gasteiger partial charge in [-0.05, 0) is 34.1 Å². The van der Waals surface area contributed by atoms with E-state index in [4.69, 9.17) is 14.2 Å². The number of hydrogen-bond donors (Lipinski definition) is 2. The summed E-state index contributed by atoms with van der Waals surface area (Å²) in [5.74, 6) is -0.677. The Balaban J connectivity index is 1.66. The first-order valence-corrected chi connectivity index (χ1v) is 12.3. The second-order valence-corrected chi connectivity index (χ2v) is 12.0. The standard InChI is InChI=1S/C28H32O7/c1-13(2)7-8-27-24(32)14-9-15-22(31)20-16(30)11-17-21(25(3,4)19(12-29)33-17)23(20)34-28(15,27)18(10-14)26(5,6)35-27/h7,9,11,14,18-19,29-30H,8,10,12H2,1-6H3/t14-,18+,19-,27-,28+/m0/s1. The van der Waals surface area contributed by atoms with Crippen molar-refractivity contribution in [3.63, 3.8) is 0 Å². The zero-order chi connectivity index (χ0) is 25.3. The number of aliphatic hydroxyl groups excluding tert-OH is 1. The van der Waals surface area contributed by atoms with Crippen LogP contribution in [0.5, 0.6) is 17.2 Å². The quantitative estimate of drug-likeness (QED) is 0.635. The first-order valence-electron chi connectivity index (χ1n) is 12.3. The minimum Gasteiger partial charge on any atom is -0.507 e. The molecule has 5 atom stereocenters. The number of aliphatic hydroxyl groups is 1. The molecular formula is C28H32O7. The minimum atomic E-state index is -1.35. The van der Waals surface area contributed by atoms with E-state index < -0.39 is 34.2 Å². The van der Waals surface area contributed by atoms with E-state index in [-0.39, 0.29) is 41.2 Å². The van der Waals surface area contributed by atoms with Gasteiger partial charge in [0.25, 0.3) is 0 Å². The second kappa shape index (κ2) is 6.56. The molecule has 2 N–H and O–H groups in total. The Bertz CT molecular complexity index is 1260. The highest BCUT2D eigenvalue weighted by atomic mass is 16.6. The normalized spacial score (nSPS) is 36.5. The Kier molecular flexibility index (Phi) is 4.28. The Hall–Kier alpha value is -2.64. The van der Waals surface area contributed by atoms with Crippen LogP contribution in [-0.4, -0.2) is 51.3 Å². The van der Waals surface area contributed by atoms with Gasteiger partial charge in [0.15, 0.2) is 22.8 Å². The molecule has 35 heavy (non-hydrogen) atoms. The fraction of sp³-hybridized carbons (Fsp3) is 0.571. The molecule has 7 nitrogen and oxygen atoms in total. The van der Waals surface area contributed by atoms with Gasteiger partial charge in [-0.25, -0.2) is 0 Å². The van der Waals surface area contributed by atoms with Gasteiger partial charge in [-0.1, -0.05) is 31.6 Å². The van der Waals surface area contributed by atoms with E-state index in [9.17, 15) is 19.8 Å². The van der Waals surface area contributed by atoms with Crippen LogP contribution in [-0.2, 0) is 14.9 Å². The van der Waals surface area contributed by atoms with Crippen molar-refractivity contribution < 1.29 is 34.0 Å². The third-order valence-electron chi connectivity index (χ3n) is 9.00. The van der Waals surface area contributed by atoms with Crippen LogP contribution >= 0.6 is 0 Å². The first-order chi connectivity index (χ1) is 16.3. The predicted molar refractivity (Wildman–Crippen MR) is 127 cm³/mol. The third kappa shape index (κ3) is 2.44. The number of hydrogen-bond acceptors (Lipinski definition) is 7. The zero-order valence-electron chi connectivity index (χ0n) is 21.0. The van der Waals surface area contributed by atoms with Gasteiger partial charge in [-0.2, -0.15) is 0 Å². The summed E-state index contributed by atoms with van der Waals surface area (Å²) in [6, 6.07) is 1.44. The zero-order valence-corrected chi connectivity index (χ0v) is 21.0. The summed E-state index contributed by atoms with van der Waals surface area (Å²) in [4.78, 5) is 28.1. The van der Waals surface area contributed by atoms with Crippen molar-refractivity contribution in [2.45, 2.75) is 82.7 Å². The molecule has 1 aromatic carbocycles. The Morgan fingerprint density at radius 1 is 1.20 bits per heavy atom. The molecule has 3 aliphatic heterocycles. The smallest absolute Gasteiger partial charge is 0.200 e. The first kappa shape index (κ1) is 22.8. The molecule has 7 heteroatoms. The third-order valence-corrected chi connectivity index (χ3v) is 9.00. The monoisotopic (exact) mass is 480 g/mol. The van der Waals surface area contributed by atoms with Gasteiger partial charge < -0.3 is 24.4 Å². The largest absolute Gasteiger partial charge is 0.507 e.